The Morgan fingerprint density at radius 3 is 0.946 bits per heavy atom. The number of piperidine rings is 3. The Morgan fingerprint density at radius 1 is 0.486 bits per heavy atom. The van der Waals surface area contributed by atoms with E-state index in [1.807, 2.05) is 0 Å². The van der Waals surface area contributed by atoms with Gasteiger partial charge < -0.3 is 18.8 Å². The van der Waals surface area contributed by atoms with Crippen molar-refractivity contribution in [2.24, 2.45) is 0 Å². The maximum absolute atomic E-state index is 10.8. The molecule has 1 N–H and O–H groups in total. The van der Waals surface area contributed by atoms with Crippen molar-refractivity contribution in [3.05, 3.63) is 0 Å². The summed E-state index contributed by atoms with van der Waals surface area (Å²) in [6.45, 7) is 26.8. The van der Waals surface area contributed by atoms with Crippen LogP contribution in [0.1, 0.15) is 122 Å². The number of rotatable bonds is 6. The number of likely N-dealkylation sites (tertiary alicyclic amines) is 2. The minimum absolute atomic E-state index is 0.0250. The van der Waals surface area contributed by atoms with Crippen LogP contribution >= 0.6 is 8.60 Å². The van der Waals surface area contributed by atoms with Crippen molar-refractivity contribution in [3.8, 4) is 0 Å². The molecule has 0 bridgehead atoms. The lowest BCUT2D eigenvalue weighted by Gasteiger charge is -2.55. The quantitative estimate of drug-likeness (QED) is 0.363. The van der Waals surface area contributed by atoms with E-state index in [4.69, 9.17) is 13.6 Å². The van der Waals surface area contributed by atoms with Crippen LogP contribution in [0.4, 0.5) is 0 Å². The normalized spacial score (nSPS) is 31.1. The average molecular weight is 544 g/mol. The summed E-state index contributed by atoms with van der Waals surface area (Å²) in [6, 6.07) is 0. The summed E-state index contributed by atoms with van der Waals surface area (Å²) < 4.78 is 20.5. The summed E-state index contributed by atoms with van der Waals surface area (Å²) in [4.78, 5) is 4.96. The zero-order valence-corrected chi connectivity index (χ0v) is 27.3. The zero-order valence-electron chi connectivity index (χ0n) is 26.4. The number of hydrogen-bond acceptors (Lipinski definition) is 7. The number of hydroxylamine groups is 2. The molecule has 0 unspecified atom stereocenters. The molecule has 3 rings (SSSR count). The Balaban J connectivity index is 1.84. The summed E-state index contributed by atoms with van der Waals surface area (Å²) in [6.07, 6.45) is 5.31. The molecule has 0 aromatic carbocycles. The van der Waals surface area contributed by atoms with Gasteiger partial charge in [-0.15, -0.1) is 0 Å². The number of nitrogens with zero attached hydrogens (tertiary/aromatic N) is 3. The fraction of sp³-hybridized carbons (Fsp3) is 1.00. The summed E-state index contributed by atoms with van der Waals surface area (Å²) in [7, 11) is 2.89. The second kappa shape index (κ2) is 10.2. The van der Waals surface area contributed by atoms with Crippen LogP contribution in [0, 0.1) is 0 Å². The van der Waals surface area contributed by atoms with Gasteiger partial charge >= 0.3 is 8.60 Å². The molecule has 0 aliphatic carbocycles. The van der Waals surface area contributed by atoms with Crippen LogP contribution in [0.3, 0.4) is 0 Å². The average Bonchev–Trinajstić information content (AvgIpc) is 2.67. The predicted molar refractivity (Wildman–Crippen MR) is 153 cm³/mol. The molecule has 0 atom stereocenters. The van der Waals surface area contributed by atoms with Gasteiger partial charge in [-0.2, -0.15) is 5.06 Å². The monoisotopic (exact) mass is 543 g/mol. The molecule has 0 radical (unpaired) electrons. The van der Waals surface area contributed by atoms with E-state index in [1.165, 1.54) is 5.06 Å². The van der Waals surface area contributed by atoms with Crippen LogP contribution in [0.2, 0.25) is 0 Å². The summed E-state index contributed by atoms with van der Waals surface area (Å²) in [5.74, 6) is 0. The van der Waals surface area contributed by atoms with Gasteiger partial charge in [-0.25, -0.2) is 0 Å². The summed E-state index contributed by atoms with van der Waals surface area (Å²) >= 11 is 0. The van der Waals surface area contributed by atoms with E-state index < -0.39 is 8.60 Å². The van der Waals surface area contributed by atoms with Gasteiger partial charge in [0.25, 0.3) is 0 Å². The maximum Gasteiger partial charge on any atom is 0.333 e. The SMILES string of the molecule is CN1C(C)(C)CC(OP(OC2CC(C)(C)N(C)C(C)(C)C2)OC2CC(C)(C)N(O)C(C)(C)C2)CC1(C)C. The van der Waals surface area contributed by atoms with E-state index in [2.05, 4.69) is 107 Å². The zero-order chi connectivity index (χ0) is 28.4. The van der Waals surface area contributed by atoms with Gasteiger partial charge in [0.15, 0.2) is 0 Å². The molecule has 3 saturated heterocycles. The van der Waals surface area contributed by atoms with Crippen molar-refractivity contribution in [1.29, 1.82) is 0 Å². The smallest absolute Gasteiger partial charge is 0.313 e. The van der Waals surface area contributed by atoms with Gasteiger partial charge in [0.1, 0.15) is 0 Å². The second-order valence-electron chi connectivity index (χ2n) is 15.9. The predicted octanol–water partition coefficient (Wildman–Crippen LogP) is 6.98. The van der Waals surface area contributed by atoms with Crippen molar-refractivity contribution in [2.75, 3.05) is 14.1 Å². The molecular weight excluding hydrogens is 485 g/mol. The summed E-state index contributed by atoms with van der Waals surface area (Å²) in [5.41, 5.74) is -0.673. The molecule has 0 spiro atoms. The Labute approximate surface area is 229 Å². The van der Waals surface area contributed by atoms with Gasteiger partial charge in [0, 0.05) is 33.2 Å². The molecule has 7 nitrogen and oxygen atoms in total. The topological polar surface area (TPSA) is 57.6 Å². The highest BCUT2D eigenvalue weighted by molar-refractivity contribution is 7.41. The summed E-state index contributed by atoms with van der Waals surface area (Å²) in [5, 5.41) is 12.3. The fourth-order valence-corrected chi connectivity index (χ4v) is 8.73. The molecule has 3 heterocycles. The Hall–Kier alpha value is 0.150. The highest BCUT2D eigenvalue weighted by atomic mass is 31.2. The molecule has 0 saturated carbocycles. The van der Waals surface area contributed by atoms with Crippen LogP contribution < -0.4 is 0 Å². The first kappa shape index (κ1) is 31.7. The van der Waals surface area contributed by atoms with E-state index in [9.17, 15) is 5.21 Å². The van der Waals surface area contributed by atoms with Crippen LogP contribution in [-0.2, 0) is 13.6 Å². The molecule has 8 heteroatoms. The van der Waals surface area contributed by atoms with E-state index >= 15 is 0 Å². The van der Waals surface area contributed by atoms with Crippen LogP contribution in [-0.4, -0.2) is 85.7 Å². The van der Waals surface area contributed by atoms with E-state index in [1.54, 1.807) is 0 Å². The third-order valence-corrected chi connectivity index (χ3v) is 11.3. The molecule has 3 aliphatic heterocycles. The van der Waals surface area contributed by atoms with Gasteiger partial charge in [0.2, 0.25) is 0 Å². The maximum atomic E-state index is 10.8. The molecule has 0 aromatic rings. The molecular formula is C29H58N3O4P. The lowest BCUT2D eigenvalue weighted by molar-refractivity contribution is -0.255. The highest BCUT2D eigenvalue weighted by Crippen LogP contribution is 2.53. The van der Waals surface area contributed by atoms with Crippen LogP contribution in [0.15, 0.2) is 0 Å². The highest BCUT2D eigenvalue weighted by Gasteiger charge is 2.50. The lowest BCUT2D eigenvalue weighted by atomic mass is 9.79. The Kier molecular flexibility index (Phi) is 8.74. The molecule has 37 heavy (non-hydrogen) atoms. The third kappa shape index (κ3) is 6.90. The lowest BCUT2D eigenvalue weighted by Crippen LogP contribution is -2.61. The standard InChI is InChI=1S/C29H58N3O4P/c1-24(2)15-21(16-25(3,4)30(24)13)34-37(35-22-17-26(5,6)31(14)27(7,8)18-22)36-23-19-28(9,10)32(33)29(11,12)20-23/h21-23,33H,15-20H2,1-14H3. The number of hydrogen-bond donors (Lipinski definition) is 1. The first-order valence-electron chi connectivity index (χ1n) is 14.3. The minimum atomic E-state index is -1.56. The van der Waals surface area contributed by atoms with E-state index in [0.29, 0.717) is 0 Å². The van der Waals surface area contributed by atoms with Gasteiger partial charge in [-0.05, 0) is 136 Å². The van der Waals surface area contributed by atoms with Gasteiger partial charge in [0.05, 0.1) is 18.3 Å². The van der Waals surface area contributed by atoms with E-state index in [-0.39, 0.29) is 51.5 Å². The van der Waals surface area contributed by atoms with E-state index in [0.717, 1.165) is 38.5 Å². The fourth-order valence-electron chi connectivity index (χ4n) is 7.40. The van der Waals surface area contributed by atoms with Crippen molar-refractivity contribution in [1.82, 2.24) is 14.9 Å². The first-order chi connectivity index (χ1) is 16.5. The second-order valence-corrected chi connectivity index (χ2v) is 17.0. The molecule has 0 aromatic heterocycles. The van der Waals surface area contributed by atoms with Crippen molar-refractivity contribution < 1.29 is 18.8 Å². The first-order valence-corrected chi connectivity index (χ1v) is 15.4. The molecule has 218 valence electrons. The third-order valence-electron chi connectivity index (χ3n) is 9.85. The molecule has 3 fully saturated rings. The van der Waals surface area contributed by atoms with Crippen molar-refractivity contribution in [3.63, 3.8) is 0 Å². The van der Waals surface area contributed by atoms with Crippen molar-refractivity contribution in [2.45, 2.75) is 173 Å². The Morgan fingerprint density at radius 2 is 0.703 bits per heavy atom. The van der Waals surface area contributed by atoms with Crippen molar-refractivity contribution >= 4 is 8.60 Å². The minimum Gasteiger partial charge on any atom is -0.313 e. The van der Waals surface area contributed by atoms with Gasteiger partial charge in [-0.3, -0.25) is 9.80 Å². The Bertz CT molecular complexity index is 654. The largest absolute Gasteiger partial charge is 0.333 e. The van der Waals surface area contributed by atoms with Crippen LogP contribution in [0.5, 0.6) is 0 Å². The molecule has 3 aliphatic rings. The molecule has 0 amide bonds. The van der Waals surface area contributed by atoms with Crippen LogP contribution in [0.25, 0.3) is 0 Å². The van der Waals surface area contributed by atoms with Gasteiger partial charge in [-0.1, -0.05) is 0 Å².